The van der Waals surface area contributed by atoms with Gasteiger partial charge in [0, 0.05) is 27.5 Å². The normalized spacial score (nSPS) is 11.0. The largest absolute Gasteiger partial charge is 0.423 e. The predicted octanol–water partition coefficient (Wildman–Crippen LogP) is 4.12. The van der Waals surface area contributed by atoms with Gasteiger partial charge in [0.05, 0.1) is 5.56 Å². The molecule has 4 nitrogen and oxygen atoms in total. The van der Waals surface area contributed by atoms with Crippen LogP contribution in [0.3, 0.4) is 0 Å². The van der Waals surface area contributed by atoms with Crippen molar-refractivity contribution in [2.24, 2.45) is 0 Å². The molecule has 23 heavy (non-hydrogen) atoms. The van der Waals surface area contributed by atoms with Gasteiger partial charge in [-0.1, -0.05) is 18.2 Å². The lowest BCUT2D eigenvalue weighted by molar-refractivity contribution is 0.0735. The number of nitrogens with one attached hydrogen (secondary N) is 1. The summed E-state index contributed by atoms with van der Waals surface area (Å²) >= 11 is 0. The van der Waals surface area contributed by atoms with Gasteiger partial charge in [0.1, 0.15) is 5.75 Å². The number of hydrogen-bond acceptors (Lipinski definition) is 3. The van der Waals surface area contributed by atoms with Gasteiger partial charge in [-0.25, -0.2) is 4.79 Å². The molecule has 0 unspecified atom stereocenters. The number of anilines is 1. The molecular weight excluding hydrogens is 288 g/mol. The van der Waals surface area contributed by atoms with Crippen molar-refractivity contribution >= 4 is 33.5 Å². The maximum absolute atomic E-state index is 12.2. The summed E-state index contributed by atoms with van der Waals surface area (Å²) < 4.78 is 5.47. The van der Waals surface area contributed by atoms with E-state index in [4.69, 9.17) is 10.5 Å². The minimum atomic E-state index is -0.399. The molecule has 0 saturated heterocycles. The molecular formula is C19H14N2O2. The average Bonchev–Trinajstić information content (AvgIpc) is 2.93. The van der Waals surface area contributed by atoms with Gasteiger partial charge in [0.2, 0.25) is 0 Å². The van der Waals surface area contributed by atoms with Crippen LogP contribution in [0.15, 0.2) is 66.7 Å². The summed E-state index contributed by atoms with van der Waals surface area (Å²) in [7, 11) is 0. The first-order valence-electron chi connectivity index (χ1n) is 7.29. The summed E-state index contributed by atoms with van der Waals surface area (Å²) in [6, 6.07) is 20.3. The summed E-state index contributed by atoms with van der Waals surface area (Å²) in [5.74, 6) is 0.119. The molecule has 4 rings (SSSR count). The van der Waals surface area contributed by atoms with Crippen molar-refractivity contribution in [1.82, 2.24) is 4.98 Å². The van der Waals surface area contributed by atoms with Crippen LogP contribution in [0.4, 0.5) is 5.69 Å². The Labute approximate surface area is 132 Å². The second kappa shape index (κ2) is 5.18. The third-order valence-electron chi connectivity index (χ3n) is 3.83. The molecule has 0 amide bonds. The first kappa shape index (κ1) is 13.4. The maximum Gasteiger partial charge on any atom is 0.343 e. The molecule has 112 valence electrons. The number of aromatic amines is 1. The van der Waals surface area contributed by atoms with Crippen LogP contribution in [0, 0.1) is 0 Å². The quantitative estimate of drug-likeness (QED) is 0.332. The molecule has 1 heterocycles. The minimum Gasteiger partial charge on any atom is -0.423 e. The molecule has 0 aliphatic rings. The molecule has 1 aromatic heterocycles. The van der Waals surface area contributed by atoms with E-state index in [-0.39, 0.29) is 0 Å². The van der Waals surface area contributed by atoms with Crippen molar-refractivity contribution in [3.05, 3.63) is 72.3 Å². The fraction of sp³-hybridized carbons (Fsp3) is 0. The lowest BCUT2D eigenvalue weighted by Gasteiger charge is -2.05. The third-order valence-corrected chi connectivity index (χ3v) is 3.83. The van der Waals surface area contributed by atoms with Gasteiger partial charge in [0.25, 0.3) is 0 Å². The van der Waals surface area contributed by atoms with Crippen LogP contribution in [-0.2, 0) is 0 Å². The molecule has 0 saturated carbocycles. The van der Waals surface area contributed by atoms with Crippen LogP contribution in [0.25, 0.3) is 21.8 Å². The van der Waals surface area contributed by atoms with Crippen LogP contribution < -0.4 is 10.5 Å². The first-order valence-corrected chi connectivity index (χ1v) is 7.29. The highest BCUT2D eigenvalue weighted by molar-refractivity contribution is 6.07. The molecule has 0 aliphatic carbocycles. The fourth-order valence-corrected chi connectivity index (χ4v) is 2.68. The van der Waals surface area contributed by atoms with E-state index in [0.717, 1.165) is 21.8 Å². The summed E-state index contributed by atoms with van der Waals surface area (Å²) in [5, 5.41) is 2.14. The molecule has 3 aromatic carbocycles. The Balaban J connectivity index is 1.70. The number of fused-ring (bicyclic) bond motifs is 3. The third kappa shape index (κ3) is 2.40. The fourth-order valence-electron chi connectivity index (χ4n) is 2.68. The monoisotopic (exact) mass is 302 g/mol. The number of para-hydroxylation sites is 1. The van der Waals surface area contributed by atoms with E-state index in [1.807, 2.05) is 36.4 Å². The summed E-state index contributed by atoms with van der Waals surface area (Å²) in [5.41, 5.74) is 8.78. The smallest absolute Gasteiger partial charge is 0.343 e. The number of carbonyl (C=O) groups excluding carboxylic acids is 1. The molecule has 0 spiro atoms. The van der Waals surface area contributed by atoms with Gasteiger partial charge in [-0.3, -0.25) is 0 Å². The number of ether oxygens (including phenoxy) is 1. The highest BCUT2D eigenvalue weighted by atomic mass is 16.5. The minimum absolute atomic E-state index is 0.399. The van der Waals surface area contributed by atoms with Crippen molar-refractivity contribution in [2.75, 3.05) is 5.73 Å². The molecule has 3 N–H and O–H groups in total. The highest BCUT2D eigenvalue weighted by Crippen LogP contribution is 2.28. The average molecular weight is 302 g/mol. The number of nitrogens with two attached hydrogens (primary N) is 1. The van der Waals surface area contributed by atoms with E-state index in [1.165, 1.54) is 0 Å². The van der Waals surface area contributed by atoms with Crippen LogP contribution in [-0.4, -0.2) is 11.0 Å². The van der Waals surface area contributed by atoms with Crippen LogP contribution in [0.1, 0.15) is 10.4 Å². The number of rotatable bonds is 2. The molecule has 0 atom stereocenters. The van der Waals surface area contributed by atoms with Crippen molar-refractivity contribution < 1.29 is 9.53 Å². The second-order valence-electron chi connectivity index (χ2n) is 5.39. The zero-order valence-corrected chi connectivity index (χ0v) is 12.2. The van der Waals surface area contributed by atoms with Gasteiger partial charge < -0.3 is 15.5 Å². The molecule has 0 radical (unpaired) electrons. The first-order chi connectivity index (χ1) is 11.2. The molecule has 4 aromatic rings. The van der Waals surface area contributed by atoms with E-state index < -0.39 is 5.97 Å². The number of carbonyl (C=O) groups is 1. The van der Waals surface area contributed by atoms with Gasteiger partial charge >= 0.3 is 5.97 Å². The van der Waals surface area contributed by atoms with Gasteiger partial charge in [0.15, 0.2) is 0 Å². The van der Waals surface area contributed by atoms with E-state index in [9.17, 15) is 4.79 Å². The van der Waals surface area contributed by atoms with Crippen molar-refractivity contribution in [3.63, 3.8) is 0 Å². The zero-order chi connectivity index (χ0) is 15.8. The Kier molecular flexibility index (Phi) is 3.01. The number of aromatic nitrogens is 1. The van der Waals surface area contributed by atoms with Gasteiger partial charge in [-0.2, -0.15) is 0 Å². The Morgan fingerprint density at radius 3 is 2.43 bits per heavy atom. The van der Waals surface area contributed by atoms with Gasteiger partial charge in [-0.05, 0) is 48.5 Å². The van der Waals surface area contributed by atoms with E-state index in [2.05, 4.69) is 4.98 Å². The molecule has 4 heteroatoms. The second-order valence-corrected chi connectivity index (χ2v) is 5.39. The van der Waals surface area contributed by atoms with Crippen molar-refractivity contribution in [2.45, 2.75) is 0 Å². The van der Waals surface area contributed by atoms with Crippen LogP contribution in [0.5, 0.6) is 5.75 Å². The predicted molar refractivity (Wildman–Crippen MR) is 91.6 cm³/mol. The standard InChI is InChI=1S/C19H14N2O2/c20-13-7-5-12(6-8-13)19(22)23-14-9-10-18-16(11-14)15-3-1-2-4-17(15)21-18/h1-11,21H,20H2. The van der Waals surface area contributed by atoms with E-state index in [1.54, 1.807) is 30.3 Å². The van der Waals surface area contributed by atoms with Crippen molar-refractivity contribution in [1.29, 1.82) is 0 Å². The SMILES string of the molecule is Nc1ccc(C(=O)Oc2ccc3[nH]c4ccccc4c3c2)cc1. The number of benzene rings is 3. The lowest BCUT2D eigenvalue weighted by atomic mass is 10.1. The Morgan fingerprint density at radius 2 is 1.61 bits per heavy atom. The molecule has 0 aliphatic heterocycles. The Morgan fingerprint density at radius 1 is 0.870 bits per heavy atom. The van der Waals surface area contributed by atoms with Crippen LogP contribution >= 0.6 is 0 Å². The number of esters is 1. The summed E-state index contributed by atoms with van der Waals surface area (Å²) in [4.78, 5) is 15.5. The van der Waals surface area contributed by atoms with Crippen molar-refractivity contribution in [3.8, 4) is 5.75 Å². The molecule has 0 fully saturated rings. The van der Waals surface area contributed by atoms with Crippen LogP contribution in [0.2, 0.25) is 0 Å². The number of hydrogen-bond donors (Lipinski definition) is 2. The number of H-pyrrole nitrogens is 1. The zero-order valence-electron chi connectivity index (χ0n) is 12.2. The Bertz CT molecular complexity index is 1020. The maximum atomic E-state index is 12.2. The number of nitrogen functional groups attached to an aromatic ring is 1. The summed E-state index contributed by atoms with van der Waals surface area (Å²) in [6.45, 7) is 0. The molecule has 0 bridgehead atoms. The highest BCUT2D eigenvalue weighted by Gasteiger charge is 2.10. The Hall–Kier alpha value is -3.27. The van der Waals surface area contributed by atoms with E-state index in [0.29, 0.717) is 17.0 Å². The van der Waals surface area contributed by atoms with E-state index >= 15 is 0 Å². The topological polar surface area (TPSA) is 68.1 Å². The summed E-state index contributed by atoms with van der Waals surface area (Å²) in [6.07, 6.45) is 0. The lowest BCUT2D eigenvalue weighted by Crippen LogP contribution is -2.08. The van der Waals surface area contributed by atoms with Gasteiger partial charge in [-0.15, -0.1) is 0 Å².